The van der Waals surface area contributed by atoms with Gasteiger partial charge in [-0.2, -0.15) is 0 Å². The molecule has 0 unspecified atom stereocenters. The zero-order chi connectivity index (χ0) is 5.86. The van der Waals surface area contributed by atoms with Crippen molar-refractivity contribution in [2.75, 3.05) is 0 Å². The molecule has 0 saturated heterocycles. The molecule has 0 spiro atoms. The Labute approximate surface area is 80.8 Å². The predicted molar refractivity (Wildman–Crippen MR) is 24.7 cm³/mol. The third kappa shape index (κ3) is 17.8. The van der Waals surface area contributed by atoms with Crippen LogP contribution in [0.15, 0.2) is 0 Å². The van der Waals surface area contributed by atoms with E-state index < -0.39 is 11.9 Å². The molecule has 0 aromatic carbocycles. The number of hydrogen-bond donors (Lipinski definition) is 0. The number of esters is 2. The molecule has 0 saturated carbocycles. The van der Waals surface area contributed by atoms with Crippen LogP contribution in [0.1, 0.15) is 16.7 Å². The van der Waals surface area contributed by atoms with Gasteiger partial charge in [-0.15, -0.1) is 0 Å². The van der Waals surface area contributed by atoms with Gasteiger partial charge in [0.05, 0.1) is 0 Å². The molecule has 0 aromatic heterocycles. The van der Waals surface area contributed by atoms with E-state index in [4.69, 9.17) is 0 Å². The minimum Gasteiger partial charge on any atom is -1.00 e. The third-order valence-electron chi connectivity index (χ3n) is 0.287. The van der Waals surface area contributed by atoms with Crippen molar-refractivity contribution in [3.05, 3.63) is 0 Å². The maximum absolute atomic E-state index is 9.81. The number of rotatable bonds is 0. The predicted octanol–water partition coefficient (Wildman–Crippen LogP) is -5.67. The number of ether oxygens (including phenoxy) is 1. The van der Waals surface area contributed by atoms with Crippen molar-refractivity contribution in [2.45, 2.75) is 13.8 Å². The second kappa shape index (κ2) is 8.33. The van der Waals surface area contributed by atoms with Gasteiger partial charge in [0.15, 0.2) is 0 Å². The molecule has 9 heavy (non-hydrogen) atoms. The molecule has 5 heteroatoms. The van der Waals surface area contributed by atoms with Crippen LogP contribution in [-0.2, 0) is 14.3 Å². The van der Waals surface area contributed by atoms with Crippen molar-refractivity contribution in [1.82, 2.24) is 0 Å². The number of carbonyl (C=O) groups excluding carboxylic acids is 2. The molecule has 0 heterocycles. The minimum atomic E-state index is -0.562. The zero-order valence-corrected chi connectivity index (χ0v) is 6.22. The molecule has 0 fully saturated rings. The van der Waals surface area contributed by atoms with Crippen LogP contribution in [0.2, 0.25) is 0 Å². The molecule has 0 N–H and O–H groups in total. The van der Waals surface area contributed by atoms with Gasteiger partial charge in [-0.1, -0.05) is 0 Å². The van der Waals surface area contributed by atoms with Crippen LogP contribution in [0.5, 0.6) is 0 Å². The van der Waals surface area contributed by atoms with Crippen molar-refractivity contribution in [3.63, 3.8) is 0 Å². The van der Waals surface area contributed by atoms with E-state index in [2.05, 4.69) is 4.74 Å². The Hall–Kier alpha value is 0.335. The molecule has 0 aromatic rings. The monoisotopic (exact) mass is 118 g/mol. The van der Waals surface area contributed by atoms with Crippen molar-refractivity contribution in [3.8, 4) is 0 Å². The van der Waals surface area contributed by atoms with E-state index in [1.165, 1.54) is 13.8 Å². The Morgan fingerprint density at radius 2 is 1.33 bits per heavy atom. The molecular weight excluding hydrogens is 110 g/mol. The fourth-order valence-corrected chi connectivity index (χ4v) is 0.202. The van der Waals surface area contributed by atoms with Gasteiger partial charge in [-0.05, 0) is 0 Å². The van der Waals surface area contributed by atoms with E-state index in [9.17, 15) is 9.59 Å². The standard InChI is InChI=1S/C4H6O3.2Li.2H/c1-3(5)7-4(2)6;;;;/h1-2H3;;;;/q;2*+1;2*-1. The SMILES string of the molecule is CC(=O)OC(C)=O.[H-].[H-].[Li+].[Li+]. The summed E-state index contributed by atoms with van der Waals surface area (Å²) in [5, 5.41) is 0. The number of carbonyl (C=O) groups is 2. The topological polar surface area (TPSA) is 43.4 Å². The van der Waals surface area contributed by atoms with Crippen LogP contribution in [0.25, 0.3) is 0 Å². The van der Waals surface area contributed by atoms with E-state index in [0.717, 1.165) is 0 Å². The van der Waals surface area contributed by atoms with E-state index in [1.54, 1.807) is 0 Å². The van der Waals surface area contributed by atoms with Crippen molar-refractivity contribution in [2.24, 2.45) is 0 Å². The summed E-state index contributed by atoms with van der Waals surface area (Å²) in [5.74, 6) is -1.12. The second-order valence-electron chi connectivity index (χ2n) is 1.09. The summed E-state index contributed by atoms with van der Waals surface area (Å²) in [5.41, 5.74) is 0. The molecule has 0 aliphatic rings. The molecular formula is C4H8Li2O3. The minimum absolute atomic E-state index is 0. The van der Waals surface area contributed by atoms with Crippen LogP contribution in [-0.4, -0.2) is 11.9 Å². The Morgan fingerprint density at radius 1 is 1.11 bits per heavy atom. The molecule has 44 valence electrons. The molecule has 0 aliphatic heterocycles. The summed E-state index contributed by atoms with van der Waals surface area (Å²) in [7, 11) is 0. The Morgan fingerprint density at radius 3 is 1.33 bits per heavy atom. The molecule has 0 radical (unpaired) electrons. The summed E-state index contributed by atoms with van der Waals surface area (Å²) in [4.78, 5) is 19.6. The summed E-state index contributed by atoms with van der Waals surface area (Å²) in [6.07, 6.45) is 0. The van der Waals surface area contributed by atoms with Crippen LogP contribution < -0.4 is 37.7 Å². The molecule has 0 rings (SSSR count). The summed E-state index contributed by atoms with van der Waals surface area (Å²) >= 11 is 0. The molecule has 0 atom stereocenters. The van der Waals surface area contributed by atoms with Crippen molar-refractivity contribution in [1.29, 1.82) is 0 Å². The van der Waals surface area contributed by atoms with E-state index >= 15 is 0 Å². The van der Waals surface area contributed by atoms with Gasteiger partial charge < -0.3 is 7.59 Å². The van der Waals surface area contributed by atoms with Crippen LogP contribution in [0.3, 0.4) is 0 Å². The third-order valence-corrected chi connectivity index (χ3v) is 0.287. The van der Waals surface area contributed by atoms with Crippen LogP contribution in [0.4, 0.5) is 0 Å². The van der Waals surface area contributed by atoms with Gasteiger partial charge in [-0.3, -0.25) is 9.59 Å². The zero-order valence-electron chi connectivity index (χ0n) is 8.22. The normalized spacial score (nSPS) is 6.00. The fraction of sp³-hybridized carbons (Fsp3) is 0.500. The van der Waals surface area contributed by atoms with Gasteiger partial charge in [0.2, 0.25) is 0 Å². The Balaban J connectivity index is -0.0000000300. The molecule has 3 nitrogen and oxygen atoms in total. The summed E-state index contributed by atoms with van der Waals surface area (Å²) < 4.78 is 3.97. The summed E-state index contributed by atoms with van der Waals surface area (Å²) in [6.45, 7) is 2.36. The maximum atomic E-state index is 9.81. The second-order valence-corrected chi connectivity index (χ2v) is 1.09. The Kier molecular flexibility index (Phi) is 15.0. The fourth-order valence-electron chi connectivity index (χ4n) is 0.202. The molecule has 0 aliphatic carbocycles. The first kappa shape index (κ1) is 16.2. The van der Waals surface area contributed by atoms with Gasteiger partial charge in [0.25, 0.3) is 0 Å². The smallest absolute Gasteiger partial charge is 1.00 e. The maximum Gasteiger partial charge on any atom is 1.00 e. The average molecular weight is 118 g/mol. The molecule has 0 amide bonds. The molecule has 0 bridgehead atoms. The van der Waals surface area contributed by atoms with Gasteiger partial charge in [0, 0.05) is 13.8 Å². The van der Waals surface area contributed by atoms with Gasteiger partial charge in [-0.25, -0.2) is 0 Å². The van der Waals surface area contributed by atoms with Gasteiger partial charge >= 0.3 is 49.7 Å². The van der Waals surface area contributed by atoms with E-state index in [0.29, 0.717) is 0 Å². The average Bonchev–Trinajstić information content (AvgIpc) is 1.27. The van der Waals surface area contributed by atoms with Gasteiger partial charge in [0.1, 0.15) is 0 Å². The van der Waals surface area contributed by atoms with E-state index in [1.807, 2.05) is 0 Å². The summed E-state index contributed by atoms with van der Waals surface area (Å²) in [6, 6.07) is 0. The van der Waals surface area contributed by atoms with E-state index in [-0.39, 0.29) is 40.6 Å². The largest absolute Gasteiger partial charge is 1.00 e. The van der Waals surface area contributed by atoms with Crippen LogP contribution in [0, 0.1) is 0 Å². The van der Waals surface area contributed by atoms with Crippen molar-refractivity contribution < 1.29 is 54.9 Å². The quantitative estimate of drug-likeness (QED) is 0.181. The Bertz CT molecular complexity index is 97.5. The first-order valence-electron chi connectivity index (χ1n) is 1.82. The van der Waals surface area contributed by atoms with Crippen LogP contribution >= 0.6 is 0 Å². The number of hydrogen-bond acceptors (Lipinski definition) is 3. The first-order chi connectivity index (χ1) is 3.13. The first-order valence-corrected chi connectivity index (χ1v) is 1.82. The van der Waals surface area contributed by atoms with Crippen molar-refractivity contribution >= 4 is 11.9 Å².